The monoisotopic (exact) mass is 308 g/mol. The van der Waals surface area contributed by atoms with Crippen LogP contribution >= 0.6 is 0 Å². The van der Waals surface area contributed by atoms with Crippen molar-refractivity contribution in [2.45, 2.75) is 6.61 Å². The van der Waals surface area contributed by atoms with Gasteiger partial charge in [-0.15, -0.1) is 0 Å². The van der Waals surface area contributed by atoms with E-state index in [4.69, 9.17) is 4.74 Å². The summed E-state index contributed by atoms with van der Waals surface area (Å²) in [7, 11) is 1.91. The summed E-state index contributed by atoms with van der Waals surface area (Å²) >= 11 is 0. The second kappa shape index (κ2) is 6.36. The standard InChI is InChI=1S/C18H16N2O3/c1-19-12-15(9-10-20(21)22)17-8-7-16(11-18(17)19)23-13-14-5-3-2-4-6-14/h2-12H,13H2,1H3/b10-9-. The Hall–Kier alpha value is -3.08. The second-order valence-corrected chi connectivity index (χ2v) is 5.25. The van der Waals surface area contributed by atoms with Gasteiger partial charge in [0.1, 0.15) is 12.4 Å². The zero-order chi connectivity index (χ0) is 16.2. The fourth-order valence-electron chi connectivity index (χ4n) is 2.50. The van der Waals surface area contributed by atoms with Crippen molar-refractivity contribution in [1.29, 1.82) is 0 Å². The van der Waals surface area contributed by atoms with Crippen LogP contribution in [0.4, 0.5) is 0 Å². The average molecular weight is 308 g/mol. The zero-order valence-corrected chi connectivity index (χ0v) is 12.7. The zero-order valence-electron chi connectivity index (χ0n) is 12.7. The molecule has 0 saturated heterocycles. The van der Waals surface area contributed by atoms with Gasteiger partial charge in [0.25, 0.3) is 0 Å². The van der Waals surface area contributed by atoms with E-state index in [-0.39, 0.29) is 0 Å². The second-order valence-electron chi connectivity index (χ2n) is 5.25. The van der Waals surface area contributed by atoms with Crippen LogP contribution in [0, 0.1) is 10.1 Å². The van der Waals surface area contributed by atoms with E-state index in [1.165, 1.54) is 6.08 Å². The summed E-state index contributed by atoms with van der Waals surface area (Å²) < 4.78 is 7.76. The average Bonchev–Trinajstić information content (AvgIpc) is 2.88. The molecule has 0 amide bonds. The van der Waals surface area contributed by atoms with Crippen molar-refractivity contribution in [3.8, 4) is 5.75 Å². The van der Waals surface area contributed by atoms with Gasteiger partial charge in [-0.2, -0.15) is 0 Å². The van der Waals surface area contributed by atoms with Crippen LogP contribution in [0.3, 0.4) is 0 Å². The lowest BCUT2D eigenvalue weighted by Crippen LogP contribution is -1.95. The van der Waals surface area contributed by atoms with E-state index in [1.54, 1.807) is 0 Å². The molecule has 0 fully saturated rings. The fourth-order valence-corrected chi connectivity index (χ4v) is 2.50. The number of aryl methyl sites for hydroxylation is 1. The van der Waals surface area contributed by atoms with Crippen molar-refractivity contribution < 1.29 is 9.66 Å². The van der Waals surface area contributed by atoms with Gasteiger partial charge in [-0.25, -0.2) is 0 Å². The summed E-state index contributed by atoms with van der Waals surface area (Å²) in [4.78, 5) is 10.0. The quantitative estimate of drug-likeness (QED) is 0.528. The minimum atomic E-state index is -0.462. The molecule has 3 aromatic rings. The topological polar surface area (TPSA) is 57.3 Å². The predicted octanol–water partition coefficient (Wildman–Crippen LogP) is 4.00. The third-order valence-corrected chi connectivity index (χ3v) is 3.62. The molecule has 0 radical (unpaired) electrons. The molecule has 5 heteroatoms. The van der Waals surface area contributed by atoms with E-state index >= 15 is 0 Å². The molecule has 0 saturated carbocycles. The Morgan fingerprint density at radius 2 is 2.00 bits per heavy atom. The first-order chi connectivity index (χ1) is 11.1. The Morgan fingerprint density at radius 3 is 2.74 bits per heavy atom. The molecule has 1 heterocycles. The lowest BCUT2D eigenvalue weighted by atomic mass is 10.1. The SMILES string of the molecule is Cn1cc(/C=C\[N+](=O)[O-])c2ccc(OCc3ccccc3)cc21. The molecule has 0 aliphatic heterocycles. The number of ether oxygens (including phenoxy) is 1. The maximum Gasteiger partial charge on any atom is 0.235 e. The summed E-state index contributed by atoms with van der Waals surface area (Å²) in [5.74, 6) is 0.771. The van der Waals surface area contributed by atoms with Gasteiger partial charge in [0.2, 0.25) is 6.20 Å². The summed E-state index contributed by atoms with van der Waals surface area (Å²) in [5, 5.41) is 11.4. The highest BCUT2D eigenvalue weighted by Crippen LogP contribution is 2.26. The van der Waals surface area contributed by atoms with Crippen LogP contribution in [0.2, 0.25) is 0 Å². The number of hydrogen-bond donors (Lipinski definition) is 0. The molecule has 5 nitrogen and oxygen atoms in total. The predicted molar refractivity (Wildman–Crippen MR) is 89.7 cm³/mol. The van der Waals surface area contributed by atoms with Gasteiger partial charge in [0, 0.05) is 36.3 Å². The third-order valence-electron chi connectivity index (χ3n) is 3.62. The third kappa shape index (κ3) is 3.40. The van der Waals surface area contributed by atoms with Crippen LogP contribution in [-0.4, -0.2) is 9.49 Å². The van der Waals surface area contributed by atoms with Gasteiger partial charge >= 0.3 is 0 Å². The molecule has 0 atom stereocenters. The normalized spacial score (nSPS) is 11.2. The van der Waals surface area contributed by atoms with E-state index in [0.29, 0.717) is 6.61 Å². The number of benzene rings is 2. The van der Waals surface area contributed by atoms with Gasteiger partial charge in [0.05, 0.1) is 10.4 Å². The molecule has 0 unspecified atom stereocenters. The molecule has 0 N–H and O–H groups in total. The maximum atomic E-state index is 10.5. The Kier molecular flexibility index (Phi) is 4.10. The first-order valence-electron chi connectivity index (χ1n) is 7.21. The molecule has 0 spiro atoms. The number of nitrogens with zero attached hydrogens (tertiary/aromatic N) is 2. The molecule has 0 bridgehead atoms. The van der Waals surface area contributed by atoms with Crippen molar-refractivity contribution >= 4 is 17.0 Å². The highest BCUT2D eigenvalue weighted by molar-refractivity contribution is 5.90. The number of hydrogen-bond acceptors (Lipinski definition) is 3. The Morgan fingerprint density at radius 1 is 1.22 bits per heavy atom. The maximum absolute atomic E-state index is 10.5. The van der Waals surface area contributed by atoms with Crippen LogP contribution < -0.4 is 4.74 Å². The van der Waals surface area contributed by atoms with Crippen LogP contribution in [0.15, 0.2) is 60.9 Å². The minimum absolute atomic E-state index is 0.462. The first-order valence-corrected chi connectivity index (χ1v) is 7.21. The Balaban J connectivity index is 1.84. The molecule has 23 heavy (non-hydrogen) atoms. The van der Waals surface area contributed by atoms with Crippen molar-refractivity contribution in [3.05, 3.63) is 82.2 Å². The van der Waals surface area contributed by atoms with Crippen LogP contribution in [-0.2, 0) is 13.7 Å². The number of nitro groups is 1. The molecule has 116 valence electrons. The Bertz CT molecular complexity index is 867. The lowest BCUT2D eigenvalue weighted by Gasteiger charge is -2.07. The lowest BCUT2D eigenvalue weighted by molar-refractivity contribution is -0.400. The molecular formula is C18H16N2O3. The van der Waals surface area contributed by atoms with E-state index in [9.17, 15) is 10.1 Å². The fraction of sp³-hybridized carbons (Fsp3) is 0.111. The van der Waals surface area contributed by atoms with Crippen molar-refractivity contribution in [2.24, 2.45) is 7.05 Å². The molecule has 3 rings (SSSR count). The molecule has 1 aromatic heterocycles. The van der Waals surface area contributed by atoms with Gasteiger partial charge < -0.3 is 9.30 Å². The first kappa shape index (κ1) is 14.8. The smallest absolute Gasteiger partial charge is 0.235 e. The van der Waals surface area contributed by atoms with Gasteiger partial charge in [-0.1, -0.05) is 30.3 Å². The van der Waals surface area contributed by atoms with E-state index in [0.717, 1.165) is 34.0 Å². The molecule has 0 aliphatic rings. The minimum Gasteiger partial charge on any atom is -0.489 e. The van der Waals surface area contributed by atoms with E-state index in [1.807, 2.05) is 66.3 Å². The van der Waals surface area contributed by atoms with Gasteiger partial charge in [-0.05, 0) is 17.7 Å². The largest absolute Gasteiger partial charge is 0.489 e. The van der Waals surface area contributed by atoms with Crippen LogP contribution in [0.5, 0.6) is 5.75 Å². The molecule has 0 aliphatic carbocycles. The number of aromatic nitrogens is 1. The summed E-state index contributed by atoms with van der Waals surface area (Å²) in [6.45, 7) is 0.505. The Labute approximate surface area is 133 Å². The van der Waals surface area contributed by atoms with Gasteiger partial charge in [0.15, 0.2) is 0 Å². The van der Waals surface area contributed by atoms with Gasteiger partial charge in [-0.3, -0.25) is 10.1 Å². The summed E-state index contributed by atoms with van der Waals surface area (Å²) in [6, 6.07) is 15.7. The van der Waals surface area contributed by atoms with Crippen molar-refractivity contribution in [2.75, 3.05) is 0 Å². The molecular weight excluding hydrogens is 292 g/mol. The highest BCUT2D eigenvalue weighted by atomic mass is 16.6. The highest BCUT2D eigenvalue weighted by Gasteiger charge is 2.07. The van der Waals surface area contributed by atoms with Crippen LogP contribution in [0.1, 0.15) is 11.1 Å². The number of rotatable bonds is 5. The molecule has 2 aromatic carbocycles. The van der Waals surface area contributed by atoms with E-state index < -0.39 is 4.92 Å². The summed E-state index contributed by atoms with van der Waals surface area (Å²) in [6.07, 6.45) is 4.33. The number of fused-ring (bicyclic) bond motifs is 1. The van der Waals surface area contributed by atoms with Crippen LogP contribution in [0.25, 0.3) is 17.0 Å². The van der Waals surface area contributed by atoms with Crippen molar-refractivity contribution in [1.82, 2.24) is 4.57 Å². The van der Waals surface area contributed by atoms with E-state index in [2.05, 4.69) is 0 Å². The van der Waals surface area contributed by atoms with Crippen molar-refractivity contribution in [3.63, 3.8) is 0 Å². The summed E-state index contributed by atoms with van der Waals surface area (Å²) in [5.41, 5.74) is 2.89.